The molecule has 6 unspecified atom stereocenters. The van der Waals surface area contributed by atoms with Crippen molar-refractivity contribution in [2.45, 2.75) is 70.9 Å². The minimum atomic E-state index is -0.0359. The topological polar surface area (TPSA) is 46.3 Å². The maximum Gasteiger partial charge on any atom is 0.227 e. The molecule has 0 spiro atoms. The first kappa shape index (κ1) is 14.4. The van der Waals surface area contributed by atoms with E-state index in [0.29, 0.717) is 11.9 Å². The summed E-state index contributed by atoms with van der Waals surface area (Å²) in [5.74, 6) is 3.15. The van der Waals surface area contributed by atoms with Crippen molar-refractivity contribution in [2.75, 3.05) is 6.54 Å². The van der Waals surface area contributed by atoms with Crippen LogP contribution in [0.1, 0.15) is 58.8 Å². The fourth-order valence-electron chi connectivity index (χ4n) is 4.87. The summed E-state index contributed by atoms with van der Waals surface area (Å²) in [6.07, 6.45) is 9.49. The number of likely N-dealkylation sites (tertiary alicyclic amines) is 1. The molecule has 0 radical (unpaired) electrons. The van der Waals surface area contributed by atoms with Crippen molar-refractivity contribution in [1.82, 2.24) is 4.90 Å². The molecule has 3 rings (SSSR count). The van der Waals surface area contributed by atoms with Gasteiger partial charge in [0.15, 0.2) is 0 Å². The number of carbonyl (C=O) groups is 1. The van der Waals surface area contributed by atoms with Crippen molar-refractivity contribution < 1.29 is 4.79 Å². The van der Waals surface area contributed by atoms with Crippen LogP contribution in [0, 0.1) is 23.7 Å². The standard InChI is InChI=1S/C17H30N2O/c1-11(12(2)18)17(20)19-7-3-4-16(19)10-15-9-13-5-6-14(15)8-13/h11-16H,3-10,18H2,1-2H3. The van der Waals surface area contributed by atoms with Crippen LogP contribution in [0.5, 0.6) is 0 Å². The van der Waals surface area contributed by atoms with Crippen LogP contribution in [0.3, 0.4) is 0 Å². The van der Waals surface area contributed by atoms with Gasteiger partial charge in [-0.15, -0.1) is 0 Å². The predicted octanol–water partition coefficient (Wildman–Crippen LogP) is 2.79. The lowest BCUT2D eigenvalue weighted by Gasteiger charge is -2.32. The lowest BCUT2D eigenvalue weighted by Crippen LogP contribution is -2.44. The van der Waals surface area contributed by atoms with Crippen LogP contribution in [0.25, 0.3) is 0 Å². The molecule has 1 amide bonds. The van der Waals surface area contributed by atoms with E-state index in [1.807, 2.05) is 13.8 Å². The number of nitrogens with two attached hydrogens (primary N) is 1. The zero-order valence-electron chi connectivity index (χ0n) is 13.1. The predicted molar refractivity (Wildman–Crippen MR) is 81.1 cm³/mol. The smallest absolute Gasteiger partial charge is 0.227 e. The highest BCUT2D eigenvalue weighted by atomic mass is 16.2. The monoisotopic (exact) mass is 278 g/mol. The van der Waals surface area contributed by atoms with Crippen molar-refractivity contribution in [3.63, 3.8) is 0 Å². The molecule has 2 N–H and O–H groups in total. The molecule has 3 nitrogen and oxygen atoms in total. The van der Waals surface area contributed by atoms with Gasteiger partial charge in [-0.1, -0.05) is 13.3 Å². The summed E-state index contributed by atoms with van der Waals surface area (Å²) < 4.78 is 0. The Morgan fingerprint density at radius 3 is 2.65 bits per heavy atom. The van der Waals surface area contributed by atoms with Gasteiger partial charge in [-0.3, -0.25) is 4.79 Å². The molecule has 3 aliphatic rings. The van der Waals surface area contributed by atoms with Gasteiger partial charge < -0.3 is 10.6 Å². The Hall–Kier alpha value is -0.570. The molecular weight excluding hydrogens is 248 g/mol. The summed E-state index contributed by atoms with van der Waals surface area (Å²) in [6.45, 7) is 4.89. The molecule has 2 bridgehead atoms. The minimum Gasteiger partial charge on any atom is -0.339 e. The molecule has 1 aliphatic heterocycles. The number of carbonyl (C=O) groups excluding carboxylic acids is 1. The van der Waals surface area contributed by atoms with E-state index in [1.54, 1.807) is 0 Å². The molecule has 0 aromatic carbocycles. The summed E-state index contributed by atoms with van der Waals surface area (Å²) in [6, 6.07) is 0.472. The third-order valence-electron chi connectivity index (χ3n) is 6.30. The average molecular weight is 278 g/mol. The van der Waals surface area contributed by atoms with Crippen LogP contribution in [-0.4, -0.2) is 29.4 Å². The van der Waals surface area contributed by atoms with Gasteiger partial charge in [0.05, 0.1) is 5.92 Å². The van der Waals surface area contributed by atoms with Crippen LogP contribution >= 0.6 is 0 Å². The molecule has 1 heterocycles. The summed E-state index contributed by atoms with van der Waals surface area (Å²) in [5, 5.41) is 0. The summed E-state index contributed by atoms with van der Waals surface area (Å²) in [7, 11) is 0. The van der Waals surface area contributed by atoms with Crippen LogP contribution in [0.15, 0.2) is 0 Å². The van der Waals surface area contributed by atoms with Gasteiger partial charge in [-0.2, -0.15) is 0 Å². The average Bonchev–Trinajstić information content (AvgIpc) is 3.12. The molecule has 114 valence electrons. The minimum absolute atomic E-state index is 0.0318. The van der Waals surface area contributed by atoms with Gasteiger partial charge in [0, 0.05) is 18.6 Å². The Kier molecular flexibility index (Phi) is 4.07. The van der Waals surface area contributed by atoms with E-state index in [2.05, 4.69) is 4.90 Å². The summed E-state index contributed by atoms with van der Waals surface area (Å²) in [5.41, 5.74) is 5.92. The van der Waals surface area contributed by atoms with Gasteiger partial charge in [-0.25, -0.2) is 0 Å². The lowest BCUT2D eigenvalue weighted by molar-refractivity contribution is -0.136. The van der Waals surface area contributed by atoms with E-state index in [4.69, 9.17) is 5.73 Å². The molecule has 1 saturated heterocycles. The van der Waals surface area contributed by atoms with Crippen molar-refractivity contribution >= 4 is 5.91 Å². The second-order valence-electron chi connectivity index (χ2n) is 7.65. The highest BCUT2D eigenvalue weighted by molar-refractivity contribution is 5.79. The van der Waals surface area contributed by atoms with E-state index in [0.717, 1.165) is 24.3 Å². The van der Waals surface area contributed by atoms with Gasteiger partial charge in [0.1, 0.15) is 0 Å². The van der Waals surface area contributed by atoms with Gasteiger partial charge in [-0.05, 0) is 63.2 Å². The van der Waals surface area contributed by atoms with Crippen molar-refractivity contribution in [2.24, 2.45) is 29.4 Å². The quantitative estimate of drug-likeness (QED) is 0.859. The first-order chi connectivity index (χ1) is 9.56. The fraction of sp³-hybridized carbons (Fsp3) is 0.941. The van der Waals surface area contributed by atoms with E-state index in [1.165, 1.54) is 44.9 Å². The number of fused-ring (bicyclic) bond motifs is 2. The van der Waals surface area contributed by atoms with Crippen LogP contribution in [-0.2, 0) is 4.79 Å². The third kappa shape index (κ3) is 2.61. The lowest BCUT2D eigenvalue weighted by atomic mass is 9.83. The van der Waals surface area contributed by atoms with Gasteiger partial charge in [0.25, 0.3) is 0 Å². The second-order valence-corrected chi connectivity index (χ2v) is 7.65. The number of amides is 1. The molecule has 2 aliphatic carbocycles. The molecule has 3 heteroatoms. The molecule has 0 aromatic heterocycles. The first-order valence-corrected chi connectivity index (χ1v) is 8.62. The Bertz CT molecular complexity index is 368. The summed E-state index contributed by atoms with van der Waals surface area (Å²) >= 11 is 0. The van der Waals surface area contributed by atoms with Crippen LogP contribution in [0.2, 0.25) is 0 Å². The highest BCUT2D eigenvalue weighted by Gasteiger charge is 2.42. The summed E-state index contributed by atoms with van der Waals surface area (Å²) in [4.78, 5) is 14.7. The van der Waals surface area contributed by atoms with Gasteiger partial charge >= 0.3 is 0 Å². The molecule has 20 heavy (non-hydrogen) atoms. The number of rotatable bonds is 4. The number of nitrogens with zero attached hydrogens (tertiary/aromatic N) is 1. The maximum absolute atomic E-state index is 12.6. The van der Waals surface area contributed by atoms with E-state index in [-0.39, 0.29) is 12.0 Å². The van der Waals surface area contributed by atoms with Crippen molar-refractivity contribution in [1.29, 1.82) is 0 Å². The molecule has 3 fully saturated rings. The fourth-order valence-corrected chi connectivity index (χ4v) is 4.87. The Morgan fingerprint density at radius 1 is 1.25 bits per heavy atom. The van der Waals surface area contributed by atoms with Gasteiger partial charge in [0.2, 0.25) is 5.91 Å². The number of hydrogen-bond donors (Lipinski definition) is 1. The zero-order valence-corrected chi connectivity index (χ0v) is 13.1. The van der Waals surface area contributed by atoms with E-state index >= 15 is 0 Å². The van der Waals surface area contributed by atoms with E-state index in [9.17, 15) is 4.79 Å². The van der Waals surface area contributed by atoms with Crippen LogP contribution in [0.4, 0.5) is 0 Å². The largest absolute Gasteiger partial charge is 0.339 e. The highest BCUT2D eigenvalue weighted by Crippen LogP contribution is 2.50. The zero-order chi connectivity index (χ0) is 14.3. The Labute approximate surface area is 123 Å². The SMILES string of the molecule is CC(N)C(C)C(=O)N1CCCC1CC1CC2CCC1C2. The first-order valence-electron chi connectivity index (χ1n) is 8.62. The van der Waals surface area contributed by atoms with E-state index < -0.39 is 0 Å². The van der Waals surface area contributed by atoms with Crippen molar-refractivity contribution in [3.8, 4) is 0 Å². The van der Waals surface area contributed by atoms with Crippen LogP contribution < -0.4 is 5.73 Å². The Morgan fingerprint density at radius 2 is 2.05 bits per heavy atom. The Balaban J connectivity index is 1.59. The normalized spacial score (nSPS) is 39.2. The maximum atomic E-state index is 12.6. The third-order valence-corrected chi connectivity index (χ3v) is 6.30. The second kappa shape index (κ2) is 5.67. The molecule has 0 aromatic rings. The number of hydrogen-bond acceptors (Lipinski definition) is 2. The van der Waals surface area contributed by atoms with Crippen molar-refractivity contribution in [3.05, 3.63) is 0 Å². The molecule has 6 atom stereocenters. The molecule has 2 saturated carbocycles. The molecular formula is C17H30N2O.